The highest BCUT2D eigenvalue weighted by molar-refractivity contribution is 5.47. The van der Waals surface area contributed by atoms with Crippen LogP contribution in [0.15, 0.2) is 24.3 Å². The molecular formula is C11H11F3N4O. The smallest absolute Gasteiger partial charge is 0.435 e. The van der Waals surface area contributed by atoms with Crippen LogP contribution < -0.4 is 10.5 Å². The maximum Gasteiger partial charge on any atom is 0.435 e. The number of aromatic nitrogens is 3. The molecule has 0 saturated carbocycles. The van der Waals surface area contributed by atoms with Gasteiger partial charge in [0.2, 0.25) is 0 Å². The van der Waals surface area contributed by atoms with Crippen LogP contribution in [0.3, 0.4) is 0 Å². The summed E-state index contributed by atoms with van der Waals surface area (Å²) in [5.41, 5.74) is 4.13. The van der Waals surface area contributed by atoms with Crippen LogP contribution in [0, 0.1) is 0 Å². The van der Waals surface area contributed by atoms with E-state index in [0.717, 1.165) is 0 Å². The van der Waals surface area contributed by atoms with Gasteiger partial charge in [-0.3, -0.25) is 0 Å². The molecule has 0 aliphatic heterocycles. The van der Waals surface area contributed by atoms with Gasteiger partial charge in [-0.15, -0.1) is 5.10 Å². The van der Waals surface area contributed by atoms with Crippen molar-refractivity contribution in [3.8, 4) is 11.4 Å². The fraction of sp³-hybridized carbons (Fsp3) is 0.273. The number of nitrogens with two attached hydrogens (primary N) is 1. The topological polar surface area (TPSA) is 66.0 Å². The number of benzene rings is 1. The molecule has 0 spiro atoms. The molecule has 1 aromatic heterocycles. The minimum atomic E-state index is -4.60. The summed E-state index contributed by atoms with van der Waals surface area (Å²) in [5, 5.41) is 6.98. The molecule has 2 rings (SSSR count). The van der Waals surface area contributed by atoms with E-state index in [9.17, 15) is 13.2 Å². The molecule has 0 aliphatic carbocycles. The molecule has 5 nitrogen and oxygen atoms in total. The SMILES string of the molecule is COc1ccccc1-n1nnc(CN)c1C(F)(F)F. The lowest BCUT2D eigenvalue weighted by Gasteiger charge is -2.13. The highest BCUT2D eigenvalue weighted by atomic mass is 19.4. The van der Waals surface area contributed by atoms with Gasteiger partial charge in [-0.1, -0.05) is 17.3 Å². The van der Waals surface area contributed by atoms with Crippen LogP contribution in [0.5, 0.6) is 5.75 Å². The number of nitrogens with zero attached hydrogens (tertiary/aromatic N) is 3. The molecule has 0 unspecified atom stereocenters. The van der Waals surface area contributed by atoms with Crippen molar-refractivity contribution < 1.29 is 17.9 Å². The quantitative estimate of drug-likeness (QED) is 0.924. The van der Waals surface area contributed by atoms with Crippen LogP contribution in [0.2, 0.25) is 0 Å². The van der Waals surface area contributed by atoms with E-state index in [2.05, 4.69) is 10.3 Å². The summed E-state index contributed by atoms with van der Waals surface area (Å²) < 4.78 is 44.9. The van der Waals surface area contributed by atoms with Crippen molar-refractivity contribution in [1.29, 1.82) is 0 Å². The van der Waals surface area contributed by atoms with Gasteiger partial charge in [-0.25, -0.2) is 4.68 Å². The van der Waals surface area contributed by atoms with Crippen molar-refractivity contribution in [2.45, 2.75) is 12.7 Å². The van der Waals surface area contributed by atoms with Gasteiger partial charge in [0.15, 0.2) is 5.69 Å². The highest BCUT2D eigenvalue weighted by Gasteiger charge is 2.39. The summed E-state index contributed by atoms with van der Waals surface area (Å²) in [4.78, 5) is 0. The number of ether oxygens (including phenoxy) is 1. The Kier molecular flexibility index (Phi) is 3.43. The van der Waals surface area contributed by atoms with Gasteiger partial charge in [0.05, 0.1) is 7.11 Å². The first kappa shape index (κ1) is 13.3. The molecule has 0 atom stereocenters. The minimum absolute atomic E-state index is 0.157. The zero-order valence-corrected chi connectivity index (χ0v) is 9.98. The second-order valence-corrected chi connectivity index (χ2v) is 3.67. The fourth-order valence-electron chi connectivity index (χ4n) is 1.71. The fourth-order valence-corrected chi connectivity index (χ4v) is 1.71. The average molecular weight is 272 g/mol. The molecule has 0 radical (unpaired) electrons. The molecule has 1 heterocycles. The third kappa shape index (κ3) is 2.39. The third-order valence-electron chi connectivity index (χ3n) is 2.52. The molecule has 102 valence electrons. The lowest BCUT2D eigenvalue weighted by Crippen LogP contribution is -2.17. The monoisotopic (exact) mass is 272 g/mol. The molecule has 8 heteroatoms. The maximum atomic E-state index is 13.1. The van der Waals surface area contributed by atoms with E-state index in [1.807, 2.05) is 0 Å². The molecule has 1 aromatic carbocycles. The summed E-state index contributed by atoms with van der Waals surface area (Å²) in [5.74, 6) is 0.265. The third-order valence-corrected chi connectivity index (χ3v) is 2.52. The predicted octanol–water partition coefficient (Wildman–Crippen LogP) is 1.75. The van der Waals surface area contributed by atoms with E-state index in [1.165, 1.54) is 13.2 Å². The average Bonchev–Trinajstić information content (AvgIpc) is 2.82. The number of methoxy groups -OCH3 is 1. The van der Waals surface area contributed by atoms with Gasteiger partial charge in [-0.2, -0.15) is 13.2 Å². The van der Waals surface area contributed by atoms with Crippen LogP contribution in [-0.4, -0.2) is 22.1 Å². The number of rotatable bonds is 3. The highest BCUT2D eigenvalue weighted by Crippen LogP contribution is 2.34. The van der Waals surface area contributed by atoms with Crippen molar-refractivity contribution in [2.75, 3.05) is 7.11 Å². The van der Waals surface area contributed by atoms with Crippen molar-refractivity contribution in [3.05, 3.63) is 35.7 Å². The van der Waals surface area contributed by atoms with Gasteiger partial charge in [0, 0.05) is 6.54 Å². The molecular weight excluding hydrogens is 261 g/mol. The van der Waals surface area contributed by atoms with Crippen molar-refractivity contribution in [1.82, 2.24) is 15.0 Å². The Balaban J connectivity index is 2.66. The lowest BCUT2D eigenvalue weighted by molar-refractivity contribution is -0.143. The summed E-state index contributed by atoms with van der Waals surface area (Å²) >= 11 is 0. The lowest BCUT2D eigenvalue weighted by atomic mass is 10.2. The van der Waals surface area contributed by atoms with Crippen molar-refractivity contribution in [2.24, 2.45) is 5.73 Å². The van der Waals surface area contributed by atoms with Crippen molar-refractivity contribution in [3.63, 3.8) is 0 Å². The number of halogens is 3. The number of hydrogen-bond acceptors (Lipinski definition) is 4. The summed E-state index contributed by atoms with van der Waals surface area (Å²) in [6.45, 7) is -0.343. The van der Waals surface area contributed by atoms with Gasteiger partial charge in [0.25, 0.3) is 0 Å². The summed E-state index contributed by atoms with van der Waals surface area (Å²) in [6, 6.07) is 6.24. The van der Waals surface area contributed by atoms with E-state index >= 15 is 0 Å². The summed E-state index contributed by atoms with van der Waals surface area (Å²) in [7, 11) is 1.37. The van der Waals surface area contributed by atoms with E-state index in [0.29, 0.717) is 4.68 Å². The second kappa shape index (κ2) is 4.88. The van der Waals surface area contributed by atoms with Crippen LogP contribution in [0.4, 0.5) is 13.2 Å². The first-order valence-electron chi connectivity index (χ1n) is 5.34. The Bertz CT molecular complexity index is 580. The Morgan fingerprint density at radius 2 is 2.00 bits per heavy atom. The van der Waals surface area contributed by atoms with Crippen LogP contribution in [0.1, 0.15) is 11.4 Å². The molecule has 2 aromatic rings. The van der Waals surface area contributed by atoms with Crippen LogP contribution >= 0.6 is 0 Å². The summed E-state index contributed by atoms with van der Waals surface area (Å²) in [6.07, 6.45) is -4.60. The molecule has 0 amide bonds. The van der Waals surface area contributed by atoms with Crippen LogP contribution in [0.25, 0.3) is 5.69 Å². The first-order valence-corrected chi connectivity index (χ1v) is 5.34. The first-order chi connectivity index (χ1) is 8.99. The Labute approximate surface area is 106 Å². The standard InChI is InChI=1S/C11H11F3N4O/c1-19-9-5-3-2-4-8(9)18-10(11(12,13)14)7(6-15)16-17-18/h2-5H,6,15H2,1H3. The van der Waals surface area contributed by atoms with E-state index in [4.69, 9.17) is 10.5 Å². The molecule has 19 heavy (non-hydrogen) atoms. The predicted molar refractivity (Wildman–Crippen MR) is 60.8 cm³/mol. The van der Waals surface area contributed by atoms with E-state index in [1.54, 1.807) is 18.2 Å². The Morgan fingerprint density at radius 3 is 2.58 bits per heavy atom. The zero-order chi connectivity index (χ0) is 14.0. The van der Waals surface area contributed by atoms with E-state index in [-0.39, 0.29) is 23.7 Å². The molecule has 0 fully saturated rings. The van der Waals surface area contributed by atoms with Crippen molar-refractivity contribution >= 4 is 0 Å². The van der Waals surface area contributed by atoms with E-state index < -0.39 is 11.9 Å². The minimum Gasteiger partial charge on any atom is -0.494 e. The second-order valence-electron chi connectivity index (χ2n) is 3.67. The molecule has 2 N–H and O–H groups in total. The van der Waals surface area contributed by atoms with Gasteiger partial charge in [-0.05, 0) is 12.1 Å². The Morgan fingerprint density at radius 1 is 1.32 bits per heavy atom. The molecule has 0 bridgehead atoms. The Hall–Kier alpha value is -2.09. The number of hydrogen-bond donors (Lipinski definition) is 1. The van der Waals surface area contributed by atoms with Gasteiger partial charge >= 0.3 is 6.18 Å². The molecule has 0 saturated heterocycles. The zero-order valence-electron chi connectivity index (χ0n) is 9.98. The maximum absolute atomic E-state index is 13.1. The van der Waals surface area contributed by atoms with Crippen LogP contribution in [-0.2, 0) is 12.7 Å². The number of alkyl halides is 3. The normalized spacial score (nSPS) is 11.6. The van der Waals surface area contributed by atoms with Gasteiger partial charge < -0.3 is 10.5 Å². The molecule has 0 aliphatic rings. The largest absolute Gasteiger partial charge is 0.494 e. The number of para-hydroxylation sites is 2. The van der Waals surface area contributed by atoms with Gasteiger partial charge in [0.1, 0.15) is 17.1 Å².